The van der Waals surface area contributed by atoms with E-state index in [1.165, 1.54) is 30.3 Å². The maximum absolute atomic E-state index is 13.5. The number of carbonyl (C=O) groups is 3. The molecule has 2 fully saturated rings. The normalized spacial score (nSPS) is 15.3. The smallest absolute Gasteiger partial charge is 0.254 e. The Balaban J connectivity index is 1.15. The van der Waals surface area contributed by atoms with E-state index >= 15 is 0 Å². The maximum Gasteiger partial charge on any atom is 0.254 e. The molecule has 0 unspecified atom stereocenters. The summed E-state index contributed by atoms with van der Waals surface area (Å²) in [5.74, 6) is -1.36. The number of nitrogens with one attached hydrogen (secondary N) is 1. The van der Waals surface area contributed by atoms with Crippen LogP contribution in [0.25, 0.3) is 0 Å². The summed E-state index contributed by atoms with van der Waals surface area (Å²) in [5.41, 5.74) is 2.70. The Bertz CT molecular complexity index is 1350. The molecule has 1 heterocycles. The monoisotopic (exact) mass is 546 g/mol. The number of hydrogen-bond donors (Lipinski definition) is 1. The molecule has 0 aromatic heterocycles. The first-order valence-electron chi connectivity index (χ1n) is 13.6. The molecular formula is C31H32F2N4O3. The molecule has 3 aromatic rings. The lowest BCUT2D eigenvalue weighted by atomic mass is 9.84. The van der Waals surface area contributed by atoms with Crippen molar-refractivity contribution < 1.29 is 23.2 Å². The second kappa shape index (κ2) is 12.3. The van der Waals surface area contributed by atoms with Gasteiger partial charge in [-0.2, -0.15) is 0 Å². The Labute approximate surface area is 232 Å². The van der Waals surface area contributed by atoms with Crippen molar-refractivity contribution in [3.05, 3.63) is 95.6 Å². The summed E-state index contributed by atoms with van der Waals surface area (Å²) in [6.45, 7) is 2.47. The van der Waals surface area contributed by atoms with Crippen molar-refractivity contribution in [3.8, 4) is 0 Å². The zero-order valence-corrected chi connectivity index (χ0v) is 22.2. The minimum atomic E-state index is -0.429. The highest BCUT2D eigenvalue weighted by atomic mass is 19.1. The van der Waals surface area contributed by atoms with Crippen molar-refractivity contribution in [2.24, 2.45) is 5.92 Å². The number of piperazine rings is 1. The number of amides is 3. The lowest BCUT2D eigenvalue weighted by Gasteiger charge is -2.36. The molecule has 7 nitrogen and oxygen atoms in total. The van der Waals surface area contributed by atoms with E-state index in [0.29, 0.717) is 37.4 Å². The number of anilines is 2. The lowest BCUT2D eigenvalue weighted by Crippen LogP contribution is -2.48. The highest BCUT2D eigenvalue weighted by Gasteiger charge is 2.30. The van der Waals surface area contributed by atoms with Crippen molar-refractivity contribution in [3.63, 3.8) is 0 Å². The molecule has 0 spiro atoms. The van der Waals surface area contributed by atoms with Gasteiger partial charge < -0.3 is 20.0 Å². The summed E-state index contributed by atoms with van der Waals surface area (Å²) in [6, 6.07) is 19.2. The molecular weight excluding hydrogens is 514 g/mol. The SMILES string of the molecule is O=C(CN(Cc1ccc(F)cc1)C(=O)C1CCC1)Nc1ccc(N2CCN(C(=O)c3cccc(F)c3)CC2)cc1. The minimum Gasteiger partial charge on any atom is -0.368 e. The van der Waals surface area contributed by atoms with E-state index in [1.807, 2.05) is 24.3 Å². The number of carbonyl (C=O) groups excluding carboxylic acids is 3. The maximum atomic E-state index is 13.5. The Morgan fingerprint density at radius 1 is 0.850 bits per heavy atom. The average molecular weight is 547 g/mol. The molecule has 0 bridgehead atoms. The van der Waals surface area contributed by atoms with E-state index < -0.39 is 5.82 Å². The average Bonchev–Trinajstić information content (AvgIpc) is 2.93. The first-order valence-corrected chi connectivity index (χ1v) is 13.6. The quantitative estimate of drug-likeness (QED) is 0.445. The van der Waals surface area contributed by atoms with Gasteiger partial charge in [0.1, 0.15) is 18.2 Å². The summed E-state index contributed by atoms with van der Waals surface area (Å²) in [7, 11) is 0. The highest BCUT2D eigenvalue weighted by Crippen LogP contribution is 2.29. The number of benzene rings is 3. The molecule has 0 radical (unpaired) electrons. The van der Waals surface area contributed by atoms with Crippen LogP contribution in [-0.2, 0) is 16.1 Å². The lowest BCUT2D eigenvalue weighted by molar-refractivity contribution is -0.141. The van der Waals surface area contributed by atoms with Crippen molar-refractivity contribution in [1.29, 1.82) is 0 Å². The Morgan fingerprint density at radius 3 is 2.17 bits per heavy atom. The number of halogens is 2. The molecule has 0 atom stereocenters. The molecule has 1 aliphatic heterocycles. The molecule has 1 saturated carbocycles. The van der Waals surface area contributed by atoms with Gasteiger partial charge in [0.15, 0.2) is 0 Å². The fourth-order valence-electron chi connectivity index (χ4n) is 5.04. The van der Waals surface area contributed by atoms with Crippen LogP contribution in [0.4, 0.5) is 20.2 Å². The molecule has 1 N–H and O–H groups in total. The van der Waals surface area contributed by atoms with E-state index in [0.717, 1.165) is 30.5 Å². The van der Waals surface area contributed by atoms with E-state index in [4.69, 9.17) is 0 Å². The summed E-state index contributed by atoms with van der Waals surface area (Å²) in [5, 5.41) is 2.88. The van der Waals surface area contributed by atoms with Gasteiger partial charge in [0.2, 0.25) is 11.8 Å². The van der Waals surface area contributed by atoms with E-state index in [-0.39, 0.29) is 42.5 Å². The third-order valence-corrected chi connectivity index (χ3v) is 7.54. The largest absolute Gasteiger partial charge is 0.368 e. The predicted molar refractivity (Wildman–Crippen MR) is 149 cm³/mol. The summed E-state index contributed by atoms with van der Waals surface area (Å²) in [6.07, 6.45) is 2.67. The molecule has 3 amide bonds. The number of nitrogens with zero attached hydrogens (tertiary/aromatic N) is 3. The van der Waals surface area contributed by atoms with E-state index in [1.54, 1.807) is 28.0 Å². The first-order chi connectivity index (χ1) is 19.4. The first kappa shape index (κ1) is 27.3. The van der Waals surface area contributed by atoms with Crippen molar-refractivity contribution in [1.82, 2.24) is 9.80 Å². The third-order valence-electron chi connectivity index (χ3n) is 7.54. The molecule has 9 heteroatoms. The van der Waals surface area contributed by atoms with Crippen LogP contribution in [0.1, 0.15) is 35.2 Å². The standard InChI is InChI=1S/C31H32F2N4O3/c32-25-9-7-22(8-10-25)20-37(30(39)23-3-1-4-23)21-29(38)34-27-11-13-28(14-12-27)35-15-17-36(18-16-35)31(40)24-5-2-6-26(33)19-24/h2,5-14,19,23H,1,3-4,15-18,20-21H2,(H,34,38). The molecule has 2 aliphatic rings. The summed E-state index contributed by atoms with van der Waals surface area (Å²) < 4.78 is 26.8. The number of hydrogen-bond acceptors (Lipinski definition) is 4. The summed E-state index contributed by atoms with van der Waals surface area (Å²) in [4.78, 5) is 44.0. The van der Waals surface area contributed by atoms with Gasteiger partial charge in [0.25, 0.3) is 5.91 Å². The minimum absolute atomic E-state index is 0.0453. The van der Waals surface area contributed by atoms with Crippen LogP contribution >= 0.6 is 0 Å². The molecule has 1 saturated heterocycles. The Kier molecular flexibility index (Phi) is 8.38. The van der Waals surface area contributed by atoms with Crippen molar-refractivity contribution in [2.75, 3.05) is 42.9 Å². The molecule has 1 aliphatic carbocycles. The van der Waals surface area contributed by atoms with Gasteiger partial charge in [-0.1, -0.05) is 24.6 Å². The van der Waals surface area contributed by atoms with Gasteiger partial charge >= 0.3 is 0 Å². The van der Waals surface area contributed by atoms with Gasteiger partial charge in [-0.3, -0.25) is 14.4 Å². The topological polar surface area (TPSA) is 73.0 Å². The van der Waals surface area contributed by atoms with Crippen molar-refractivity contribution in [2.45, 2.75) is 25.8 Å². The van der Waals surface area contributed by atoms with Crippen LogP contribution in [0.2, 0.25) is 0 Å². The second-order valence-corrected chi connectivity index (χ2v) is 10.3. The Morgan fingerprint density at radius 2 is 1.55 bits per heavy atom. The molecule has 3 aromatic carbocycles. The molecule has 5 rings (SSSR count). The van der Waals surface area contributed by atoms with E-state index in [9.17, 15) is 23.2 Å². The van der Waals surface area contributed by atoms with Crippen LogP contribution in [0.15, 0.2) is 72.8 Å². The molecule has 40 heavy (non-hydrogen) atoms. The third kappa shape index (κ3) is 6.65. The Hall–Kier alpha value is -4.27. The van der Waals surface area contributed by atoms with Crippen molar-refractivity contribution >= 4 is 29.1 Å². The summed E-state index contributed by atoms with van der Waals surface area (Å²) >= 11 is 0. The van der Waals surface area contributed by atoms with Crippen LogP contribution < -0.4 is 10.2 Å². The van der Waals surface area contributed by atoms with Crippen LogP contribution in [0, 0.1) is 17.6 Å². The number of rotatable bonds is 8. The van der Waals surface area contributed by atoms with Gasteiger partial charge in [0.05, 0.1) is 0 Å². The highest BCUT2D eigenvalue weighted by molar-refractivity contribution is 5.95. The second-order valence-electron chi connectivity index (χ2n) is 10.3. The van der Waals surface area contributed by atoms with E-state index in [2.05, 4.69) is 10.2 Å². The molecule has 208 valence electrons. The van der Waals surface area contributed by atoms with Gasteiger partial charge in [-0.15, -0.1) is 0 Å². The van der Waals surface area contributed by atoms with Crippen LogP contribution in [-0.4, -0.2) is 60.2 Å². The fourth-order valence-corrected chi connectivity index (χ4v) is 5.04. The van der Waals surface area contributed by atoms with Crippen LogP contribution in [0.5, 0.6) is 0 Å². The van der Waals surface area contributed by atoms with Crippen LogP contribution in [0.3, 0.4) is 0 Å². The van der Waals surface area contributed by atoms with Gasteiger partial charge in [-0.05, 0) is 73.0 Å². The van der Waals surface area contributed by atoms with Gasteiger partial charge in [-0.25, -0.2) is 8.78 Å². The fraction of sp³-hybridized carbons (Fsp3) is 0.323. The zero-order chi connectivity index (χ0) is 28.1. The zero-order valence-electron chi connectivity index (χ0n) is 22.2. The predicted octanol–water partition coefficient (Wildman–Crippen LogP) is 4.69. The van der Waals surface area contributed by atoms with Gasteiger partial charge in [0, 0.05) is 55.6 Å².